The summed E-state index contributed by atoms with van der Waals surface area (Å²) < 4.78 is 1.45. The van der Waals surface area contributed by atoms with Crippen molar-refractivity contribution in [2.75, 3.05) is 38.5 Å². The molecular weight excluding hydrogens is 484 g/mol. The van der Waals surface area contributed by atoms with Crippen molar-refractivity contribution < 1.29 is 9.59 Å². The maximum Gasteiger partial charge on any atom is 0.354 e. The molecule has 2 aromatic rings. The van der Waals surface area contributed by atoms with Crippen LogP contribution < -0.4 is 22.5 Å². The van der Waals surface area contributed by atoms with Crippen LogP contribution >= 0.6 is 0 Å². The van der Waals surface area contributed by atoms with Crippen molar-refractivity contribution in [1.29, 1.82) is 0 Å². The van der Waals surface area contributed by atoms with Gasteiger partial charge in [0.2, 0.25) is 5.91 Å². The predicted molar refractivity (Wildman–Crippen MR) is 147 cm³/mol. The number of nitrogens with one attached hydrogen (secondary N) is 1. The second-order valence-corrected chi connectivity index (χ2v) is 11.0. The van der Waals surface area contributed by atoms with E-state index in [1.54, 1.807) is 35.9 Å². The number of hydrogen-bond donors (Lipinski definition) is 3. The highest BCUT2D eigenvalue weighted by atomic mass is 16.2. The van der Waals surface area contributed by atoms with Gasteiger partial charge in [0.1, 0.15) is 5.82 Å². The van der Waals surface area contributed by atoms with Crippen molar-refractivity contribution in [2.24, 2.45) is 11.5 Å². The molecule has 206 valence electrons. The molecule has 1 aliphatic heterocycles. The van der Waals surface area contributed by atoms with E-state index in [-0.39, 0.29) is 17.8 Å². The van der Waals surface area contributed by atoms with Crippen molar-refractivity contribution >= 4 is 17.8 Å². The Balaban J connectivity index is 1.31. The Morgan fingerprint density at radius 3 is 2.21 bits per heavy atom. The van der Waals surface area contributed by atoms with Crippen LogP contribution in [-0.4, -0.2) is 87.0 Å². The molecule has 2 aliphatic rings. The highest BCUT2D eigenvalue weighted by Gasteiger charge is 2.31. The summed E-state index contributed by atoms with van der Waals surface area (Å²) in [5, 5.41) is 2.69. The zero-order chi connectivity index (χ0) is 27.4. The van der Waals surface area contributed by atoms with E-state index in [0.29, 0.717) is 44.0 Å². The van der Waals surface area contributed by atoms with Crippen molar-refractivity contribution in [1.82, 2.24) is 24.3 Å². The summed E-state index contributed by atoms with van der Waals surface area (Å²) in [6, 6.07) is 10.00. The van der Waals surface area contributed by atoms with E-state index in [1.165, 1.54) is 10.1 Å². The second-order valence-electron chi connectivity index (χ2n) is 11.0. The molecule has 0 radical (unpaired) electrons. The van der Waals surface area contributed by atoms with Gasteiger partial charge in [0.15, 0.2) is 0 Å². The van der Waals surface area contributed by atoms with Crippen LogP contribution in [0.15, 0.2) is 41.3 Å². The summed E-state index contributed by atoms with van der Waals surface area (Å²) in [6.45, 7) is 5.74. The van der Waals surface area contributed by atoms with Crippen LogP contribution in [0.5, 0.6) is 0 Å². The standard InChI is InChI=1S/C27H40N8O3/c1-27(2,29)24(36)33-14-16-34(17-15-33)25(37)30-23-12-13-35(26(38)31-23)22-8-4-19(5-9-22)18-32(3)21-10-6-20(28)7-11-21/h4-5,8-9,12-13,20-21H,6-7,10-11,14-18,28-29H2,1-3H3,(H,30,31,37,38)/t20-,21-. The molecule has 38 heavy (non-hydrogen) atoms. The molecule has 0 spiro atoms. The Labute approximate surface area is 223 Å². The van der Waals surface area contributed by atoms with Crippen LogP contribution in [0.25, 0.3) is 5.69 Å². The number of carbonyl (C=O) groups is 2. The monoisotopic (exact) mass is 524 g/mol. The van der Waals surface area contributed by atoms with Crippen LogP contribution in [0, 0.1) is 0 Å². The molecule has 1 saturated heterocycles. The number of anilines is 1. The Kier molecular flexibility index (Phi) is 8.49. The first-order valence-electron chi connectivity index (χ1n) is 13.3. The number of piperazine rings is 1. The van der Waals surface area contributed by atoms with Crippen molar-refractivity contribution in [3.8, 4) is 5.69 Å². The lowest BCUT2D eigenvalue weighted by molar-refractivity contribution is -0.137. The van der Waals surface area contributed by atoms with Gasteiger partial charge in [-0.25, -0.2) is 9.59 Å². The number of aromatic nitrogens is 2. The predicted octanol–water partition coefficient (Wildman–Crippen LogP) is 1.35. The summed E-state index contributed by atoms with van der Waals surface area (Å²) in [5.74, 6) is 0.0422. The van der Waals surface area contributed by atoms with E-state index in [9.17, 15) is 14.4 Å². The molecule has 5 N–H and O–H groups in total. The van der Waals surface area contributed by atoms with Gasteiger partial charge in [-0.15, -0.1) is 0 Å². The summed E-state index contributed by atoms with van der Waals surface area (Å²) in [4.78, 5) is 47.4. The minimum absolute atomic E-state index is 0.141. The molecule has 1 aliphatic carbocycles. The van der Waals surface area contributed by atoms with Crippen LogP contribution in [-0.2, 0) is 11.3 Å². The van der Waals surface area contributed by atoms with Gasteiger partial charge >= 0.3 is 11.7 Å². The number of urea groups is 1. The molecule has 2 fully saturated rings. The van der Waals surface area contributed by atoms with Crippen LogP contribution in [0.3, 0.4) is 0 Å². The van der Waals surface area contributed by atoms with E-state index >= 15 is 0 Å². The van der Waals surface area contributed by atoms with Crippen molar-refractivity contribution in [3.05, 3.63) is 52.6 Å². The van der Waals surface area contributed by atoms with E-state index in [0.717, 1.165) is 32.2 Å². The Bertz CT molecular complexity index is 1170. The topological polar surface area (TPSA) is 143 Å². The van der Waals surface area contributed by atoms with Gasteiger partial charge in [0.05, 0.1) is 11.2 Å². The Morgan fingerprint density at radius 2 is 1.63 bits per heavy atom. The minimum atomic E-state index is -0.945. The fraction of sp³-hybridized carbons (Fsp3) is 0.556. The zero-order valence-electron chi connectivity index (χ0n) is 22.6. The molecule has 11 nitrogen and oxygen atoms in total. The van der Waals surface area contributed by atoms with E-state index in [2.05, 4.69) is 22.2 Å². The SMILES string of the molecule is CN(Cc1ccc(-n2ccc(NC(=O)N3CCN(C(=O)C(C)(C)N)CC3)nc2=O)cc1)[C@H]1CC[C@H](N)CC1. The Morgan fingerprint density at radius 1 is 1.03 bits per heavy atom. The fourth-order valence-electron chi connectivity index (χ4n) is 5.10. The smallest absolute Gasteiger partial charge is 0.338 e. The first-order valence-corrected chi connectivity index (χ1v) is 13.3. The summed E-state index contributed by atoms with van der Waals surface area (Å²) in [5.41, 5.74) is 12.4. The minimum Gasteiger partial charge on any atom is -0.338 e. The molecule has 1 aromatic heterocycles. The average Bonchev–Trinajstić information content (AvgIpc) is 2.89. The molecular formula is C27H40N8O3. The number of carbonyl (C=O) groups excluding carboxylic acids is 2. The lowest BCUT2D eigenvalue weighted by atomic mass is 9.91. The third-order valence-electron chi connectivity index (χ3n) is 7.46. The first-order chi connectivity index (χ1) is 18.0. The Hall–Kier alpha value is -3.28. The third kappa shape index (κ3) is 6.77. The van der Waals surface area contributed by atoms with Crippen LogP contribution in [0.2, 0.25) is 0 Å². The molecule has 3 amide bonds. The first kappa shape index (κ1) is 27.7. The van der Waals surface area contributed by atoms with Gasteiger partial charge in [0.25, 0.3) is 0 Å². The average molecular weight is 525 g/mol. The molecule has 2 heterocycles. The van der Waals surface area contributed by atoms with Crippen LogP contribution in [0.1, 0.15) is 45.1 Å². The third-order valence-corrected chi connectivity index (χ3v) is 7.46. The van der Waals surface area contributed by atoms with Gasteiger partial charge in [-0.1, -0.05) is 12.1 Å². The van der Waals surface area contributed by atoms with Gasteiger partial charge in [-0.2, -0.15) is 4.98 Å². The molecule has 0 atom stereocenters. The van der Waals surface area contributed by atoms with E-state index < -0.39 is 11.2 Å². The molecule has 4 rings (SSSR count). The van der Waals surface area contributed by atoms with Gasteiger partial charge in [0, 0.05) is 51.0 Å². The number of benzene rings is 1. The summed E-state index contributed by atoms with van der Waals surface area (Å²) in [6.07, 6.45) is 6.01. The second kappa shape index (κ2) is 11.6. The quantitative estimate of drug-likeness (QED) is 0.518. The number of nitrogens with zero attached hydrogens (tertiary/aromatic N) is 5. The van der Waals surface area contributed by atoms with Gasteiger partial charge in [-0.05, 0) is 70.3 Å². The molecule has 1 aromatic carbocycles. The molecule has 1 saturated carbocycles. The summed E-state index contributed by atoms with van der Waals surface area (Å²) in [7, 11) is 2.15. The van der Waals surface area contributed by atoms with Gasteiger partial charge < -0.3 is 21.3 Å². The molecule has 11 heteroatoms. The zero-order valence-corrected chi connectivity index (χ0v) is 22.6. The molecule has 0 bridgehead atoms. The van der Waals surface area contributed by atoms with E-state index in [1.807, 2.05) is 24.3 Å². The normalized spacial score (nSPS) is 20.5. The number of rotatable bonds is 6. The lowest BCUT2D eigenvalue weighted by Crippen LogP contribution is -2.58. The highest BCUT2D eigenvalue weighted by molar-refractivity contribution is 5.89. The maximum absolute atomic E-state index is 12.7. The fourth-order valence-corrected chi connectivity index (χ4v) is 5.10. The maximum atomic E-state index is 12.7. The van der Waals surface area contributed by atoms with Gasteiger partial charge in [-0.3, -0.25) is 19.6 Å². The highest BCUT2D eigenvalue weighted by Crippen LogP contribution is 2.23. The van der Waals surface area contributed by atoms with Crippen molar-refractivity contribution in [2.45, 2.75) is 63.7 Å². The number of amides is 3. The van der Waals surface area contributed by atoms with E-state index in [4.69, 9.17) is 11.5 Å². The van der Waals surface area contributed by atoms with Crippen molar-refractivity contribution in [3.63, 3.8) is 0 Å². The van der Waals surface area contributed by atoms with Crippen LogP contribution in [0.4, 0.5) is 10.6 Å². The molecule has 0 unspecified atom stereocenters. The lowest BCUT2D eigenvalue weighted by Gasteiger charge is -2.37. The largest absolute Gasteiger partial charge is 0.354 e. The summed E-state index contributed by atoms with van der Waals surface area (Å²) >= 11 is 0. The number of hydrogen-bond acceptors (Lipinski definition) is 7. The number of nitrogens with two attached hydrogens (primary N) is 2.